The first-order valence-electron chi connectivity index (χ1n) is 4.40. The van der Waals surface area contributed by atoms with Gasteiger partial charge in [-0.05, 0) is 13.0 Å². The average molecular weight is 242 g/mol. The van der Waals surface area contributed by atoms with Crippen molar-refractivity contribution < 1.29 is 28.3 Å². The van der Waals surface area contributed by atoms with Crippen molar-refractivity contribution in [1.82, 2.24) is 5.32 Å². The van der Waals surface area contributed by atoms with E-state index in [4.69, 9.17) is 15.3 Å². The van der Waals surface area contributed by atoms with Crippen molar-refractivity contribution in [2.24, 2.45) is 0 Å². The zero-order valence-electron chi connectivity index (χ0n) is 8.22. The second-order valence-corrected chi connectivity index (χ2v) is 4.82. The quantitative estimate of drug-likeness (QED) is 0.268. The van der Waals surface area contributed by atoms with Crippen LogP contribution in [0.25, 0.3) is 0 Å². The lowest BCUT2D eigenvalue weighted by atomic mass is 10.0. The van der Waals surface area contributed by atoms with E-state index in [0.29, 0.717) is 0 Å². The molecule has 0 spiro atoms. The maximum absolute atomic E-state index is 10.2. The Balaban J connectivity index is 3.92. The number of hydrogen-bond acceptors (Lipinski definition) is 7. The Morgan fingerprint density at radius 3 is 1.93 bits per heavy atom. The molecule has 0 aliphatic heterocycles. The molecule has 0 aromatic carbocycles. The van der Waals surface area contributed by atoms with Gasteiger partial charge in [0.15, 0.2) is 0 Å². The Kier molecular flexibility index (Phi) is 6.25. The Morgan fingerprint density at radius 1 is 1.13 bits per heavy atom. The molecule has 0 unspecified atom stereocenters. The van der Waals surface area contributed by atoms with Gasteiger partial charge in [-0.2, -0.15) is 0 Å². The van der Waals surface area contributed by atoms with Crippen LogP contribution in [0.2, 0.25) is 0 Å². The second kappa shape index (κ2) is 6.36. The summed E-state index contributed by atoms with van der Waals surface area (Å²) in [6.07, 6.45) is 0.0631. The molecule has 92 valence electrons. The van der Waals surface area contributed by atoms with Gasteiger partial charge in [-0.3, -0.25) is 0 Å². The minimum absolute atomic E-state index is 0.0631. The summed E-state index contributed by atoms with van der Waals surface area (Å²) >= 11 is 0. The molecular weight excluding hydrogens is 226 g/mol. The summed E-state index contributed by atoms with van der Waals surface area (Å²) in [7, 11) is -4.24. The van der Waals surface area contributed by atoms with E-state index in [1.807, 2.05) is 0 Å². The summed E-state index contributed by atoms with van der Waals surface area (Å²) in [4.78, 5) is 0. The Morgan fingerprint density at radius 2 is 1.60 bits per heavy atom. The molecule has 0 rings (SSSR count). The molecule has 0 aromatic rings. The van der Waals surface area contributed by atoms with Crippen LogP contribution in [0, 0.1) is 0 Å². The lowest BCUT2D eigenvalue weighted by Gasteiger charge is -2.28. The van der Waals surface area contributed by atoms with Gasteiger partial charge in [0.2, 0.25) is 0 Å². The summed E-state index contributed by atoms with van der Waals surface area (Å²) < 4.78 is 30.7. The highest BCUT2D eigenvalue weighted by Gasteiger charge is 2.26. The van der Waals surface area contributed by atoms with Crippen LogP contribution in [0.3, 0.4) is 0 Å². The van der Waals surface area contributed by atoms with Gasteiger partial charge in [0, 0.05) is 5.75 Å². The molecule has 0 radical (unpaired) electrons. The van der Waals surface area contributed by atoms with Crippen molar-refractivity contribution in [3.63, 3.8) is 0 Å². The van der Waals surface area contributed by atoms with Crippen LogP contribution in [0.15, 0.2) is 0 Å². The van der Waals surface area contributed by atoms with Crippen LogP contribution in [-0.2, 0) is 10.1 Å². The van der Waals surface area contributed by atoms with Gasteiger partial charge >= 0.3 is 0 Å². The molecule has 0 heterocycles. The summed E-state index contributed by atoms with van der Waals surface area (Å²) in [5, 5.41) is 29.2. The van der Waals surface area contributed by atoms with Crippen molar-refractivity contribution in [3.05, 3.63) is 0 Å². The second-order valence-electron chi connectivity index (χ2n) is 3.30. The third-order valence-electron chi connectivity index (χ3n) is 1.98. The monoisotopic (exact) mass is 242 g/mol. The smallest absolute Gasteiger partial charge is 0.0946 e. The first kappa shape index (κ1) is 14.8. The first-order valence-corrected chi connectivity index (χ1v) is 5.98. The molecule has 0 saturated carbocycles. The predicted molar refractivity (Wildman–Crippen MR) is 51.2 cm³/mol. The molecule has 0 aliphatic rings. The van der Waals surface area contributed by atoms with Crippen LogP contribution in [0.1, 0.15) is 6.42 Å². The number of rotatable bonds is 8. The zero-order chi connectivity index (χ0) is 11.9. The number of aliphatic hydroxyl groups excluding tert-OH is 3. The predicted octanol–water partition coefficient (Wildman–Crippen LogP) is -2.77. The van der Waals surface area contributed by atoms with Gasteiger partial charge in [0.25, 0.3) is 0 Å². The molecule has 0 bridgehead atoms. The Hall–Kier alpha value is -0.250. The molecule has 0 aromatic heterocycles. The zero-order valence-corrected chi connectivity index (χ0v) is 9.03. The summed E-state index contributed by atoms with van der Waals surface area (Å²) in [5.74, 6) is -0.516. The summed E-state index contributed by atoms with van der Waals surface area (Å²) in [5.41, 5.74) is -1.23. The molecular formula is C7H16NO6S-. The topological polar surface area (TPSA) is 130 Å². The van der Waals surface area contributed by atoms with E-state index in [9.17, 15) is 13.0 Å². The van der Waals surface area contributed by atoms with Crippen LogP contribution < -0.4 is 5.32 Å². The van der Waals surface area contributed by atoms with Crippen LogP contribution in [-0.4, -0.2) is 65.9 Å². The third-order valence-corrected chi connectivity index (χ3v) is 2.77. The lowest BCUT2D eigenvalue weighted by Crippen LogP contribution is -2.55. The van der Waals surface area contributed by atoms with E-state index in [0.717, 1.165) is 0 Å². The molecule has 4 N–H and O–H groups in total. The Labute approximate surface area is 88.5 Å². The maximum Gasteiger partial charge on any atom is 0.0946 e. The fourth-order valence-electron chi connectivity index (χ4n) is 0.920. The highest BCUT2D eigenvalue weighted by molar-refractivity contribution is 7.85. The highest BCUT2D eigenvalue weighted by Crippen LogP contribution is 2.01. The van der Waals surface area contributed by atoms with Gasteiger partial charge in [-0.1, -0.05) is 0 Å². The summed E-state index contributed by atoms with van der Waals surface area (Å²) in [6.45, 7) is -1.33. The molecule has 0 aliphatic carbocycles. The minimum Gasteiger partial charge on any atom is -0.748 e. The van der Waals surface area contributed by atoms with Crippen molar-refractivity contribution in [1.29, 1.82) is 0 Å². The van der Waals surface area contributed by atoms with Gasteiger partial charge < -0.3 is 25.2 Å². The van der Waals surface area contributed by atoms with Crippen molar-refractivity contribution in [3.8, 4) is 0 Å². The fraction of sp³-hybridized carbons (Fsp3) is 1.00. The minimum atomic E-state index is -4.24. The number of hydrogen-bond donors (Lipinski definition) is 4. The highest BCUT2D eigenvalue weighted by atomic mass is 32.2. The summed E-state index contributed by atoms with van der Waals surface area (Å²) in [6, 6.07) is 0. The van der Waals surface area contributed by atoms with E-state index in [1.54, 1.807) is 0 Å². The SMILES string of the molecule is O=S(=O)([O-])CCCNC(CO)(CO)CO. The lowest BCUT2D eigenvalue weighted by molar-refractivity contribution is 0.0429. The van der Waals surface area contributed by atoms with Gasteiger partial charge in [0.05, 0.1) is 35.5 Å². The van der Waals surface area contributed by atoms with E-state index in [2.05, 4.69) is 5.32 Å². The normalized spacial score (nSPS) is 13.1. The molecule has 15 heavy (non-hydrogen) atoms. The Bertz CT molecular complexity index is 252. The first-order chi connectivity index (χ1) is 6.89. The molecule has 8 heteroatoms. The van der Waals surface area contributed by atoms with E-state index in [1.165, 1.54) is 0 Å². The number of nitrogens with one attached hydrogen (secondary N) is 1. The standard InChI is InChI=1S/C7H17NO6S/c9-4-7(5-10,6-11)8-2-1-3-15(12,13)14/h8-11H,1-6H2,(H,12,13,14)/p-1. The fourth-order valence-corrected chi connectivity index (χ4v) is 1.42. The van der Waals surface area contributed by atoms with Crippen LogP contribution in [0.5, 0.6) is 0 Å². The third kappa shape index (κ3) is 6.03. The van der Waals surface area contributed by atoms with Gasteiger partial charge in [0.1, 0.15) is 0 Å². The van der Waals surface area contributed by atoms with E-state index < -0.39 is 41.2 Å². The molecule has 7 nitrogen and oxygen atoms in total. The van der Waals surface area contributed by atoms with Crippen molar-refractivity contribution in [2.45, 2.75) is 12.0 Å². The van der Waals surface area contributed by atoms with Crippen LogP contribution >= 0.6 is 0 Å². The van der Waals surface area contributed by atoms with Gasteiger partial charge in [-0.25, -0.2) is 8.42 Å². The van der Waals surface area contributed by atoms with Crippen molar-refractivity contribution >= 4 is 10.1 Å². The van der Waals surface area contributed by atoms with E-state index in [-0.39, 0.29) is 13.0 Å². The van der Waals surface area contributed by atoms with Crippen molar-refractivity contribution in [2.75, 3.05) is 32.1 Å². The average Bonchev–Trinajstić information content (AvgIpc) is 2.18. The molecule has 0 amide bonds. The van der Waals surface area contributed by atoms with E-state index >= 15 is 0 Å². The molecule has 0 saturated heterocycles. The maximum atomic E-state index is 10.2. The molecule has 0 fully saturated rings. The van der Waals surface area contributed by atoms with Gasteiger partial charge in [-0.15, -0.1) is 0 Å². The van der Waals surface area contributed by atoms with Crippen LogP contribution in [0.4, 0.5) is 0 Å². The molecule has 0 atom stereocenters. The largest absolute Gasteiger partial charge is 0.748 e. The number of aliphatic hydroxyl groups is 3.